The molecule has 1 N–H and O–H groups in total. The number of aryl methyl sites for hydroxylation is 1. The standard InChI is InChI=1S/C22H31N5S2/c1-13(2)12-16-14-8-6-9-15(14)17-18-19(29-21(17)24-16)20(26-22(25-18)28-5)23-10-7-11-27(3)4/h13H,6-12H2,1-5H3,(H,23,25,26). The van der Waals surface area contributed by atoms with Gasteiger partial charge in [0.1, 0.15) is 10.6 Å². The lowest BCUT2D eigenvalue weighted by atomic mass is 9.99. The van der Waals surface area contributed by atoms with Gasteiger partial charge in [-0.25, -0.2) is 15.0 Å². The fourth-order valence-electron chi connectivity index (χ4n) is 4.19. The fourth-order valence-corrected chi connectivity index (χ4v) is 5.69. The van der Waals surface area contributed by atoms with E-state index >= 15 is 0 Å². The molecule has 0 unspecified atom stereocenters. The molecule has 0 saturated carbocycles. The van der Waals surface area contributed by atoms with E-state index in [1.54, 1.807) is 23.1 Å². The first kappa shape index (κ1) is 20.8. The van der Waals surface area contributed by atoms with Gasteiger partial charge in [0.15, 0.2) is 5.16 Å². The first-order chi connectivity index (χ1) is 14.0. The van der Waals surface area contributed by atoms with Crippen molar-refractivity contribution in [2.75, 3.05) is 38.8 Å². The van der Waals surface area contributed by atoms with Crippen LogP contribution in [0, 0.1) is 5.92 Å². The number of nitrogens with zero attached hydrogens (tertiary/aromatic N) is 4. The molecule has 0 fully saturated rings. The number of nitrogens with one attached hydrogen (secondary N) is 1. The van der Waals surface area contributed by atoms with E-state index in [1.165, 1.54) is 28.6 Å². The minimum atomic E-state index is 0.621. The van der Waals surface area contributed by atoms with Crippen LogP contribution in [-0.2, 0) is 19.3 Å². The zero-order valence-electron chi connectivity index (χ0n) is 18.1. The van der Waals surface area contributed by atoms with Gasteiger partial charge in [-0.2, -0.15) is 0 Å². The highest BCUT2D eigenvalue weighted by molar-refractivity contribution is 7.98. The van der Waals surface area contributed by atoms with Gasteiger partial charge in [0.2, 0.25) is 0 Å². The normalized spacial score (nSPS) is 13.9. The molecule has 3 heterocycles. The van der Waals surface area contributed by atoms with Crippen molar-refractivity contribution in [2.24, 2.45) is 5.92 Å². The van der Waals surface area contributed by atoms with Crippen LogP contribution < -0.4 is 5.32 Å². The second kappa shape index (κ2) is 8.74. The van der Waals surface area contributed by atoms with E-state index < -0.39 is 0 Å². The third kappa shape index (κ3) is 4.23. The molecule has 0 radical (unpaired) electrons. The maximum Gasteiger partial charge on any atom is 0.189 e. The lowest BCUT2D eigenvalue weighted by molar-refractivity contribution is 0.405. The molecule has 0 atom stereocenters. The molecule has 7 heteroatoms. The Morgan fingerprint density at radius 1 is 1.14 bits per heavy atom. The average Bonchev–Trinajstić information content (AvgIpc) is 3.28. The Morgan fingerprint density at radius 2 is 1.93 bits per heavy atom. The molecule has 1 aliphatic rings. The zero-order valence-corrected chi connectivity index (χ0v) is 19.8. The van der Waals surface area contributed by atoms with Crippen LogP contribution in [0.2, 0.25) is 0 Å². The first-order valence-electron chi connectivity index (χ1n) is 10.6. The van der Waals surface area contributed by atoms with Crippen LogP contribution in [0.4, 0.5) is 5.82 Å². The topological polar surface area (TPSA) is 53.9 Å². The van der Waals surface area contributed by atoms with Crippen LogP contribution in [0.5, 0.6) is 0 Å². The van der Waals surface area contributed by atoms with Gasteiger partial charge in [-0.3, -0.25) is 0 Å². The van der Waals surface area contributed by atoms with E-state index in [2.05, 4.69) is 44.4 Å². The number of thioether (sulfide) groups is 1. The van der Waals surface area contributed by atoms with Crippen molar-refractivity contribution < 1.29 is 0 Å². The molecule has 1 aliphatic carbocycles. The van der Waals surface area contributed by atoms with Crippen LogP contribution in [0.3, 0.4) is 0 Å². The Morgan fingerprint density at radius 3 is 2.66 bits per heavy atom. The molecule has 5 nitrogen and oxygen atoms in total. The lowest BCUT2D eigenvalue weighted by Gasteiger charge is -2.12. The van der Waals surface area contributed by atoms with Crippen LogP contribution in [0.1, 0.15) is 43.5 Å². The van der Waals surface area contributed by atoms with Crippen LogP contribution in [0.25, 0.3) is 20.4 Å². The summed E-state index contributed by atoms with van der Waals surface area (Å²) < 4.78 is 1.16. The summed E-state index contributed by atoms with van der Waals surface area (Å²) in [6.45, 7) is 6.54. The number of aromatic nitrogens is 3. The Balaban J connectivity index is 1.82. The number of thiophene rings is 1. The van der Waals surface area contributed by atoms with Crippen LogP contribution >= 0.6 is 23.1 Å². The fraction of sp³-hybridized carbons (Fsp3) is 0.591. The second-order valence-corrected chi connectivity index (χ2v) is 10.3. The van der Waals surface area contributed by atoms with Crippen molar-refractivity contribution in [3.63, 3.8) is 0 Å². The van der Waals surface area contributed by atoms with E-state index in [-0.39, 0.29) is 0 Å². The summed E-state index contributed by atoms with van der Waals surface area (Å²) in [7, 11) is 4.23. The molecule has 3 aromatic heterocycles. The highest BCUT2D eigenvalue weighted by atomic mass is 32.2. The van der Waals surface area contributed by atoms with Crippen molar-refractivity contribution in [1.82, 2.24) is 19.9 Å². The highest BCUT2D eigenvalue weighted by Gasteiger charge is 2.25. The first-order valence-corrected chi connectivity index (χ1v) is 12.6. The van der Waals surface area contributed by atoms with Gasteiger partial charge in [0.25, 0.3) is 0 Å². The predicted molar refractivity (Wildman–Crippen MR) is 127 cm³/mol. The zero-order chi connectivity index (χ0) is 20.5. The van der Waals surface area contributed by atoms with Crippen LogP contribution in [-0.4, -0.2) is 53.3 Å². The van der Waals surface area contributed by atoms with Crippen molar-refractivity contribution in [2.45, 2.75) is 51.1 Å². The van der Waals surface area contributed by atoms with Crippen molar-refractivity contribution in [3.05, 3.63) is 16.8 Å². The maximum atomic E-state index is 5.15. The number of pyridine rings is 1. The summed E-state index contributed by atoms with van der Waals surface area (Å²) in [4.78, 5) is 18.3. The number of anilines is 1. The molecule has 0 bridgehead atoms. The molecule has 0 spiro atoms. The second-order valence-electron chi connectivity index (χ2n) is 8.57. The van der Waals surface area contributed by atoms with Crippen molar-refractivity contribution in [1.29, 1.82) is 0 Å². The molecule has 0 amide bonds. The molecule has 29 heavy (non-hydrogen) atoms. The van der Waals surface area contributed by atoms with E-state index in [4.69, 9.17) is 15.0 Å². The minimum Gasteiger partial charge on any atom is -0.369 e. The SMILES string of the molecule is CSc1nc(NCCCN(C)C)c2sc3nc(CC(C)C)c4c(c3c2n1)CCC4. The smallest absolute Gasteiger partial charge is 0.189 e. The molecule has 156 valence electrons. The average molecular weight is 430 g/mol. The van der Waals surface area contributed by atoms with Crippen molar-refractivity contribution >= 4 is 49.3 Å². The Kier molecular flexibility index (Phi) is 6.27. The van der Waals surface area contributed by atoms with Gasteiger partial charge in [-0.1, -0.05) is 25.6 Å². The summed E-state index contributed by atoms with van der Waals surface area (Å²) in [6, 6.07) is 0. The highest BCUT2D eigenvalue weighted by Crippen LogP contribution is 2.42. The van der Waals surface area contributed by atoms with E-state index in [9.17, 15) is 0 Å². The molecule has 0 aromatic carbocycles. The Hall–Kier alpha value is -1.44. The Bertz CT molecular complexity index is 1030. The summed E-state index contributed by atoms with van der Waals surface area (Å²) in [6.07, 6.45) is 7.74. The molecule has 4 rings (SSSR count). The molecule has 3 aromatic rings. The summed E-state index contributed by atoms with van der Waals surface area (Å²) >= 11 is 3.37. The van der Waals surface area contributed by atoms with Gasteiger partial charge < -0.3 is 10.2 Å². The van der Waals surface area contributed by atoms with Crippen molar-refractivity contribution in [3.8, 4) is 0 Å². The molecular formula is C22H31N5S2. The monoisotopic (exact) mass is 429 g/mol. The molecular weight excluding hydrogens is 398 g/mol. The van der Waals surface area contributed by atoms with E-state index in [0.717, 1.165) is 64.8 Å². The molecule has 0 saturated heterocycles. The van der Waals surface area contributed by atoms with Gasteiger partial charge in [-0.15, -0.1) is 11.3 Å². The number of fused-ring (bicyclic) bond motifs is 5. The Labute approximate surface area is 181 Å². The van der Waals surface area contributed by atoms with E-state index in [1.807, 2.05) is 0 Å². The summed E-state index contributed by atoms with van der Waals surface area (Å²) in [5.74, 6) is 1.59. The van der Waals surface area contributed by atoms with Gasteiger partial charge in [-0.05, 0) is 76.0 Å². The number of rotatable bonds is 8. The lowest BCUT2D eigenvalue weighted by Crippen LogP contribution is -2.16. The van der Waals surface area contributed by atoms with Gasteiger partial charge in [0.05, 0.1) is 10.2 Å². The summed E-state index contributed by atoms with van der Waals surface area (Å²) in [5.41, 5.74) is 5.41. The minimum absolute atomic E-state index is 0.621. The van der Waals surface area contributed by atoms with E-state index in [0.29, 0.717) is 5.92 Å². The third-order valence-corrected chi connectivity index (χ3v) is 7.08. The maximum absolute atomic E-state index is 5.15. The largest absolute Gasteiger partial charge is 0.369 e. The van der Waals surface area contributed by atoms with Crippen LogP contribution in [0.15, 0.2) is 5.16 Å². The quantitative estimate of drug-likeness (QED) is 0.308. The number of hydrogen-bond donors (Lipinski definition) is 1. The predicted octanol–water partition coefficient (Wildman–Crippen LogP) is 5.01. The van der Waals surface area contributed by atoms with Gasteiger partial charge in [0, 0.05) is 17.6 Å². The van der Waals surface area contributed by atoms with Gasteiger partial charge >= 0.3 is 0 Å². The summed E-state index contributed by atoms with van der Waals surface area (Å²) in [5, 5.41) is 5.71. The number of hydrogen-bond acceptors (Lipinski definition) is 7. The third-order valence-electron chi connectivity index (χ3n) is 5.46. The molecule has 0 aliphatic heterocycles.